The topological polar surface area (TPSA) is 38.4 Å². The Bertz CT molecular complexity index is 82.5. The summed E-state index contributed by atoms with van der Waals surface area (Å²) in [4.78, 5) is 4.19. The molecular weight excluding hydrogens is 100 g/mol. The average molecular weight is 114 g/mol. The summed E-state index contributed by atoms with van der Waals surface area (Å²) >= 11 is 0. The summed E-state index contributed by atoms with van der Waals surface area (Å²) in [5.41, 5.74) is 6.41. The number of nitrogens with two attached hydrogens (primary N) is 1. The molecule has 0 saturated carbocycles. The molecule has 8 heavy (non-hydrogen) atoms. The second-order valence-electron chi connectivity index (χ2n) is 2.16. The van der Waals surface area contributed by atoms with E-state index < -0.39 is 0 Å². The van der Waals surface area contributed by atoms with Crippen LogP contribution in [0.4, 0.5) is 0 Å². The van der Waals surface area contributed by atoms with Crippen molar-refractivity contribution in [1.29, 1.82) is 0 Å². The molecule has 0 radical (unpaired) electrons. The SMILES string of the molecule is CC(C)=NC(C)CN. The molecule has 0 bridgehead atoms. The van der Waals surface area contributed by atoms with Gasteiger partial charge in [-0.2, -0.15) is 0 Å². The van der Waals surface area contributed by atoms with Crippen molar-refractivity contribution in [3.8, 4) is 0 Å². The highest BCUT2D eigenvalue weighted by molar-refractivity contribution is 5.79. The van der Waals surface area contributed by atoms with Gasteiger partial charge in [-0.25, -0.2) is 0 Å². The lowest BCUT2D eigenvalue weighted by molar-refractivity contribution is 0.753. The molecule has 2 N–H and O–H groups in total. The molecule has 0 aliphatic rings. The summed E-state index contributed by atoms with van der Waals surface area (Å²) in [7, 11) is 0. The van der Waals surface area contributed by atoms with E-state index in [2.05, 4.69) is 4.99 Å². The van der Waals surface area contributed by atoms with E-state index in [-0.39, 0.29) is 0 Å². The van der Waals surface area contributed by atoms with Crippen LogP contribution < -0.4 is 5.73 Å². The maximum Gasteiger partial charge on any atom is 0.0592 e. The van der Waals surface area contributed by atoms with Gasteiger partial charge in [-0.1, -0.05) is 0 Å². The summed E-state index contributed by atoms with van der Waals surface area (Å²) < 4.78 is 0. The van der Waals surface area contributed by atoms with Crippen LogP contribution in [-0.2, 0) is 0 Å². The summed E-state index contributed by atoms with van der Waals surface area (Å²) in [6.45, 7) is 6.61. The minimum atomic E-state index is 0.292. The van der Waals surface area contributed by atoms with Crippen molar-refractivity contribution in [3.05, 3.63) is 0 Å². The predicted molar refractivity (Wildman–Crippen MR) is 37.3 cm³/mol. The van der Waals surface area contributed by atoms with Crippen LogP contribution in [-0.4, -0.2) is 18.3 Å². The Kier molecular flexibility index (Phi) is 3.44. The second-order valence-corrected chi connectivity index (χ2v) is 2.16. The molecule has 0 rings (SSSR count). The Morgan fingerprint density at radius 1 is 1.62 bits per heavy atom. The van der Waals surface area contributed by atoms with E-state index in [0.29, 0.717) is 12.6 Å². The van der Waals surface area contributed by atoms with Crippen LogP contribution in [0.5, 0.6) is 0 Å². The standard InChI is InChI=1S/C6H14N2/c1-5(2)8-6(3)4-7/h6H,4,7H2,1-3H3. The number of aliphatic imine (C=N–C) groups is 1. The molecule has 0 aliphatic carbocycles. The molecule has 0 heterocycles. The lowest BCUT2D eigenvalue weighted by atomic mass is 10.3. The molecule has 1 unspecified atom stereocenters. The van der Waals surface area contributed by atoms with Gasteiger partial charge in [0, 0.05) is 12.3 Å². The highest BCUT2D eigenvalue weighted by Gasteiger charge is 1.90. The molecule has 0 aromatic carbocycles. The fraction of sp³-hybridized carbons (Fsp3) is 0.833. The van der Waals surface area contributed by atoms with Crippen LogP contribution in [0.15, 0.2) is 4.99 Å². The average Bonchev–Trinajstić information content (AvgIpc) is 1.65. The van der Waals surface area contributed by atoms with Crippen LogP contribution in [0.1, 0.15) is 20.8 Å². The van der Waals surface area contributed by atoms with Crippen LogP contribution in [0.25, 0.3) is 0 Å². The van der Waals surface area contributed by atoms with Crippen molar-refractivity contribution in [2.45, 2.75) is 26.8 Å². The summed E-state index contributed by atoms with van der Waals surface area (Å²) in [5, 5.41) is 0. The highest BCUT2D eigenvalue weighted by atomic mass is 14.8. The first kappa shape index (κ1) is 7.63. The van der Waals surface area contributed by atoms with E-state index in [9.17, 15) is 0 Å². The van der Waals surface area contributed by atoms with Crippen molar-refractivity contribution in [2.24, 2.45) is 10.7 Å². The van der Waals surface area contributed by atoms with E-state index in [4.69, 9.17) is 5.73 Å². The predicted octanol–water partition coefficient (Wildman–Crippen LogP) is 0.814. The maximum atomic E-state index is 5.31. The molecular formula is C6H14N2. The van der Waals surface area contributed by atoms with Gasteiger partial charge in [0.25, 0.3) is 0 Å². The van der Waals surface area contributed by atoms with E-state index in [0.717, 1.165) is 5.71 Å². The number of nitrogens with zero attached hydrogens (tertiary/aromatic N) is 1. The summed E-state index contributed by atoms with van der Waals surface area (Å²) in [6, 6.07) is 0.292. The number of hydrogen-bond donors (Lipinski definition) is 1. The van der Waals surface area contributed by atoms with Crippen molar-refractivity contribution in [2.75, 3.05) is 6.54 Å². The highest BCUT2D eigenvalue weighted by Crippen LogP contribution is 1.85. The van der Waals surface area contributed by atoms with Crippen molar-refractivity contribution < 1.29 is 0 Å². The van der Waals surface area contributed by atoms with Crippen molar-refractivity contribution >= 4 is 5.71 Å². The van der Waals surface area contributed by atoms with Gasteiger partial charge in [0.05, 0.1) is 6.04 Å². The van der Waals surface area contributed by atoms with E-state index in [1.165, 1.54) is 0 Å². The van der Waals surface area contributed by atoms with Gasteiger partial charge in [0.2, 0.25) is 0 Å². The zero-order chi connectivity index (χ0) is 6.57. The largest absolute Gasteiger partial charge is 0.328 e. The zero-order valence-corrected chi connectivity index (χ0v) is 5.81. The van der Waals surface area contributed by atoms with E-state index >= 15 is 0 Å². The summed E-state index contributed by atoms with van der Waals surface area (Å²) in [5.74, 6) is 0. The lowest BCUT2D eigenvalue weighted by Crippen LogP contribution is -2.14. The monoisotopic (exact) mass is 114 g/mol. The van der Waals surface area contributed by atoms with Gasteiger partial charge < -0.3 is 5.73 Å². The van der Waals surface area contributed by atoms with Gasteiger partial charge in [0.1, 0.15) is 0 Å². The maximum absolute atomic E-state index is 5.31. The molecule has 0 aromatic heterocycles. The number of rotatable bonds is 2. The molecule has 0 amide bonds. The van der Waals surface area contributed by atoms with Crippen molar-refractivity contribution in [3.63, 3.8) is 0 Å². The van der Waals surface area contributed by atoms with Crippen LogP contribution in [0.3, 0.4) is 0 Å². The quantitative estimate of drug-likeness (QED) is 0.530. The van der Waals surface area contributed by atoms with Crippen LogP contribution in [0.2, 0.25) is 0 Å². The van der Waals surface area contributed by atoms with Gasteiger partial charge in [-0.15, -0.1) is 0 Å². The Balaban J connectivity index is 3.51. The lowest BCUT2D eigenvalue weighted by Gasteiger charge is -1.99. The molecule has 2 heteroatoms. The molecule has 0 aromatic rings. The minimum Gasteiger partial charge on any atom is -0.328 e. The third-order valence-electron chi connectivity index (χ3n) is 0.820. The Hall–Kier alpha value is -0.370. The first-order valence-corrected chi connectivity index (χ1v) is 2.88. The molecule has 2 nitrogen and oxygen atoms in total. The van der Waals surface area contributed by atoms with Gasteiger partial charge >= 0.3 is 0 Å². The molecule has 48 valence electrons. The third kappa shape index (κ3) is 3.81. The Morgan fingerprint density at radius 2 is 2.12 bits per heavy atom. The first-order chi connectivity index (χ1) is 3.66. The first-order valence-electron chi connectivity index (χ1n) is 2.88. The summed E-state index contributed by atoms with van der Waals surface area (Å²) in [6.07, 6.45) is 0. The fourth-order valence-electron chi connectivity index (χ4n) is 0.493. The van der Waals surface area contributed by atoms with Crippen LogP contribution in [0, 0.1) is 0 Å². The molecule has 0 aliphatic heterocycles. The molecule has 1 atom stereocenters. The second kappa shape index (κ2) is 3.61. The zero-order valence-electron chi connectivity index (χ0n) is 5.81. The Morgan fingerprint density at radius 3 is 2.25 bits per heavy atom. The molecule has 0 saturated heterocycles. The fourth-order valence-corrected chi connectivity index (χ4v) is 0.493. The van der Waals surface area contributed by atoms with Gasteiger partial charge in [-0.05, 0) is 20.8 Å². The normalized spacial score (nSPS) is 13.0. The Labute approximate surface area is 50.8 Å². The minimum absolute atomic E-state index is 0.292. The third-order valence-corrected chi connectivity index (χ3v) is 0.820. The molecule has 0 spiro atoms. The number of hydrogen-bond acceptors (Lipinski definition) is 2. The smallest absolute Gasteiger partial charge is 0.0592 e. The molecule has 0 fully saturated rings. The van der Waals surface area contributed by atoms with Crippen molar-refractivity contribution in [1.82, 2.24) is 0 Å². The van der Waals surface area contributed by atoms with E-state index in [1.54, 1.807) is 0 Å². The van der Waals surface area contributed by atoms with E-state index in [1.807, 2.05) is 20.8 Å². The van der Waals surface area contributed by atoms with Crippen LogP contribution >= 0.6 is 0 Å². The van der Waals surface area contributed by atoms with Gasteiger partial charge in [0.15, 0.2) is 0 Å². The van der Waals surface area contributed by atoms with Gasteiger partial charge in [-0.3, -0.25) is 4.99 Å².